The molecule has 25 heteroatoms. The molecule has 0 aromatic carbocycles. The summed E-state index contributed by atoms with van der Waals surface area (Å²) in [6, 6.07) is 11.5. The van der Waals surface area contributed by atoms with Gasteiger partial charge in [-0.1, -0.05) is 11.6 Å². The van der Waals surface area contributed by atoms with E-state index < -0.39 is 23.7 Å². The zero-order valence-corrected chi connectivity index (χ0v) is 38.5. The third kappa shape index (κ3) is 14.3. The number of aryl methyl sites for hydroxylation is 3. The summed E-state index contributed by atoms with van der Waals surface area (Å²) in [6.07, 6.45) is 6.30. The van der Waals surface area contributed by atoms with Gasteiger partial charge < -0.3 is 21.1 Å². The number of anilines is 3. The van der Waals surface area contributed by atoms with Crippen molar-refractivity contribution < 1.29 is 36.2 Å². The molecule has 4 N–H and O–H groups in total. The number of rotatable bonds is 10. The maximum Gasteiger partial charge on any atom is 0.354 e. The summed E-state index contributed by atoms with van der Waals surface area (Å²) in [5.41, 5.74) is 2.46. The molecule has 3 aliphatic rings. The number of nitrogens with one attached hydrogen (secondary N) is 3. The van der Waals surface area contributed by atoms with Crippen LogP contribution in [-0.2, 0) is 0 Å². The van der Waals surface area contributed by atoms with Gasteiger partial charge in [-0.2, -0.15) is 35.5 Å². The molecule has 6 heterocycles. The van der Waals surface area contributed by atoms with E-state index in [1.54, 1.807) is 47.0 Å². The first-order valence-electron chi connectivity index (χ1n) is 22.2. The fraction of sp³-hybridized carbons (Fsp3) is 0.477. The molecule has 18 nitrogen and oxygen atoms in total. The highest BCUT2D eigenvalue weighted by atomic mass is 35.5. The number of nitrogens with zero attached hydrogens (tertiary/aromatic N) is 13. The van der Waals surface area contributed by atoms with Crippen LogP contribution in [0.15, 0.2) is 55.0 Å². The molecule has 0 aliphatic heterocycles. The van der Waals surface area contributed by atoms with E-state index in [0.29, 0.717) is 49.1 Å². The molecule has 0 amide bonds. The highest BCUT2D eigenvalue weighted by Gasteiger charge is 2.37. The minimum atomic E-state index is -2.63. The van der Waals surface area contributed by atoms with Crippen LogP contribution < -0.4 is 16.0 Å². The van der Waals surface area contributed by atoms with Gasteiger partial charge in [-0.15, -0.1) is 0 Å². The first-order valence-corrected chi connectivity index (χ1v) is 22.5. The van der Waals surface area contributed by atoms with Crippen LogP contribution in [0.3, 0.4) is 0 Å². The molecule has 0 radical (unpaired) electrons. The van der Waals surface area contributed by atoms with Gasteiger partial charge in [-0.05, 0) is 77.5 Å². The number of carbonyl (C=O) groups is 1. The molecule has 6 aromatic rings. The number of hydrogen-bond acceptors (Lipinski definition) is 14. The molecule has 6 aromatic heterocycles. The Labute approximate surface area is 397 Å². The van der Waals surface area contributed by atoms with Gasteiger partial charge in [0.2, 0.25) is 35.6 Å². The van der Waals surface area contributed by atoms with Crippen molar-refractivity contribution in [2.24, 2.45) is 0 Å². The Balaban J connectivity index is 0.000000153. The van der Waals surface area contributed by atoms with Gasteiger partial charge in [-0.3, -0.25) is 0 Å². The number of nitriles is 1. The predicted molar refractivity (Wildman–Crippen MR) is 241 cm³/mol. The average molecular weight is 983 g/mol. The number of aromatic nitrogens is 12. The standard InChI is InChI=1S/C15H16F2N6.C15H17F2N5O2.C14H16ClF2N5/c1-10-4-7-23(22-10)13-8-12(9-18)20-14(21-13)19-11-2-5-15(16,17)6-3-11;1-9-4-7-22(21-9)12-8-11(13(23)24)19-14(20-12)18-10-2-5-15(16,17)6-3-10;1-9-4-7-22(21-9)12-8-11(15)19-13(20-12)18-10-2-5-14(16,17)6-3-10/h4,7-8,11H,2-3,5-6H2,1H3,(H,19,20,21);4,7-8,10H,2-3,5-6H2,1H3,(H,23,24)(H,18,19,20);4,7-8,10H,2-3,5-6H2,1H3,(H,18,19,20). The molecule has 9 rings (SSSR count). The van der Waals surface area contributed by atoms with Crippen molar-refractivity contribution in [3.8, 4) is 23.5 Å². The third-order valence-corrected chi connectivity index (χ3v) is 11.7. The second-order valence-electron chi connectivity index (χ2n) is 17.2. The van der Waals surface area contributed by atoms with Crippen molar-refractivity contribution in [1.82, 2.24) is 59.2 Å². The molecule has 3 fully saturated rings. The summed E-state index contributed by atoms with van der Waals surface area (Å²) in [4.78, 5) is 36.4. The quantitative estimate of drug-likeness (QED) is 0.0741. The van der Waals surface area contributed by atoms with E-state index in [1.807, 2.05) is 32.0 Å². The highest BCUT2D eigenvalue weighted by Crippen LogP contribution is 2.36. The van der Waals surface area contributed by atoms with E-state index in [-0.39, 0.29) is 97.9 Å². The summed E-state index contributed by atoms with van der Waals surface area (Å²) in [6.45, 7) is 5.53. The van der Waals surface area contributed by atoms with E-state index in [4.69, 9.17) is 16.9 Å². The van der Waals surface area contributed by atoms with Crippen LogP contribution in [0.5, 0.6) is 0 Å². The fourth-order valence-electron chi connectivity index (χ4n) is 7.72. The van der Waals surface area contributed by atoms with Crippen molar-refractivity contribution in [3.63, 3.8) is 0 Å². The normalized spacial score (nSPS) is 17.9. The molecule has 0 saturated heterocycles. The van der Waals surface area contributed by atoms with Crippen molar-refractivity contribution >= 4 is 35.4 Å². The number of alkyl halides is 6. The van der Waals surface area contributed by atoms with Crippen LogP contribution in [0.25, 0.3) is 17.5 Å². The summed E-state index contributed by atoms with van der Waals surface area (Å²) < 4.78 is 83.8. The van der Waals surface area contributed by atoms with Gasteiger partial charge in [0.15, 0.2) is 23.1 Å². The second kappa shape index (κ2) is 21.2. The molecule has 69 heavy (non-hydrogen) atoms. The first-order chi connectivity index (χ1) is 32.7. The number of carboxylic acids is 1. The Morgan fingerprint density at radius 3 is 1.29 bits per heavy atom. The van der Waals surface area contributed by atoms with Crippen LogP contribution in [0.2, 0.25) is 5.15 Å². The lowest BCUT2D eigenvalue weighted by Crippen LogP contribution is -2.32. The minimum absolute atomic E-state index is 0.0645. The maximum absolute atomic E-state index is 13.2. The van der Waals surface area contributed by atoms with Gasteiger partial charge in [0.1, 0.15) is 16.9 Å². The van der Waals surface area contributed by atoms with E-state index in [9.17, 15) is 36.2 Å². The molecule has 0 unspecified atom stereocenters. The molecular formula is C44H49ClF6N16O2. The topological polar surface area (TPSA) is 228 Å². The van der Waals surface area contributed by atoms with Gasteiger partial charge in [0.05, 0.1) is 17.1 Å². The van der Waals surface area contributed by atoms with Crippen LogP contribution in [-0.4, -0.2) is 106 Å². The molecule has 3 aliphatic carbocycles. The zero-order chi connectivity index (χ0) is 49.5. The summed E-state index contributed by atoms with van der Waals surface area (Å²) in [5, 5.41) is 40.5. The monoisotopic (exact) mass is 982 g/mol. The summed E-state index contributed by atoms with van der Waals surface area (Å²) >= 11 is 6.02. The van der Waals surface area contributed by atoms with E-state index in [1.165, 1.54) is 16.8 Å². The van der Waals surface area contributed by atoms with Crippen molar-refractivity contribution in [2.45, 2.75) is 134 Å². The van der Waals surface area contributed by atoms with Crippen molar-refractivity contribution in [2.75, 3.05) is 16.0 Å². The van der Waals surface area contributed by atoms with Crippen LogP contribution >= 0.6 is 11.6 Å². The Bertz CT molecular complexity index is 2750. The molecular weight excluding hydrogens is 934 g/mol. The number of halogens is 7. The van der Waals surface area contributed by atoms with Crippen LogP contribution in [0.1, 0.15) is 110 Å². The maximum atomic E-state index is 13.2. The second-order valence-corrected chi connectivity index (χ2v) is 17.6. The van der Waals surface area contributed by atoms with Gasteiger partial charge >= 0.3 is 5.97 Å². The van der Waals surface area contributed by atoms with Crippen molar-refractivity contribution in [3.05, 3.63) is 88.6 Å². The zero-order valence-electron chi connectivity index (χ0n) is 37.7. The Morgan fingerprint density at radius 2 is 0.942 bits per heavy atom. The SMILES string of the molecule is Cc1ccn(-c2cc(C#N)nc(NC3CCC(F)(F)CC3)n2)n1.Cc1ccn(-c2cc(C(=O)O)nc(NC3CCC(F)(F)CC3)n2)n1.Cc1ccn(-c2cc(Cl)nc(NC3CCC(F)(F)CC3)n2)n1. The minimum Gasteiger partial charge on any atom is -0.477 e. The van der Waals surface area contributed by atoms with Crippen molar-refractivity contribution in [1.29, 1.82) is 5.26 Å². The van der Waals surface area contributed by atoms with Gasteiger partial charge in [0, 0.05) is 93.4 Å². The third-order valence-electron chi connectivity index (χ3n) is 11.5. The average Bonchev–Trinajstić information content (AvgIpc) is 4.07. The molecule has 0 spiro atoms. The molecule has 3 saturated carbocycles. The Kier molecular flexibility index (Phi) is 15.3. The lowest BCUT2D eigenvalue weighted by molar-refractivity contribution is -0.0366. The van der Waals surface area contributed by atoms with E-state index in [2.05, 4.69) is 61.2 Å². The fourth-order valence-corrected chi connectivity index (χ4v) is 7.89. The van der Waals surface area contributed by atoms with Crippen LogP contribution in [0.4, 0.5) is 44.2 Å². The first kappa shape index (κ1) is 50.0. The largest absolute Gasteiger partial charge is 0.477 e. The van der Waals surface area contributed by atoms with E-state index in [0.717, 1.165) is 17.1 Å². The van der Waals surface area contributed by atoms with Gasteiger partial charge in [-0.25, -0.2) is 60.1 Å². The highest BCUT2D eigenvalue weighted by molar-refractivity contribution is 6.29. The smallest absolute Gasteiger partial charge is 0.354 e. The number of carboxylic acid groups (broad SMARTS) is 1. The summed E-state index contributed by atoms with van der Waals surface area (Å²) in [7, 11) is 0. The number of hydrogen-bond donors (Lipinski definition) is 4. The molecule has 0 bridgehead atoms. The number of aromatic carboxylic acids is 1. The lowest BCUT2D eigenvalue weighted by atomic mass is 9.92. The Hall–Kier alpha value is -6.90. The van der Waals surface area contributed by atoms with Gasteiger partial charge in [0.25, 0.3) is 0 Å². The molecule has 366 valence electrons. The predicted octanol–water partition coefficient (Wildman–Crippen LogP) is 9.10. The van der Waals surface area contributed by atoms with E-state index >= 15 is 0 Å². The molecule has 0 atom stereocenters. The van der Waals surface area contributed by atoms with Crippen LogP contribution in [0, 0.1) is 32.1 Å². The lowest BCUT2D eigenvalue weighted by Gasteiger charge is -2.28. The summed E-state index contributed by atoms with van der Waals surface area (Å²) in [5.74, 6) is -6.93. The Morgan fingerprint density at radius 1 is 0.594 bits per heavy atom.